The van der Waals surface area contributed by atoms with E-state index in [4.69, 9.17) is 22.9 Å². The van der Waals surface area contributed by atoms with E-state index in [1.807, 2.05) is 47.9 Å². The number of halogens is 4. The van der Waals surface area contributed by atoms with Crippen LogP contribution in [-0.4, -0.2) is 0 Å². The van der Waals surface area contributed by atoms with Crippen molar-refractivity contribution in [3.63, 3.8) is 0 Å². The fourth-order valence-corrected chi connectivity index (χ4v) is 1.67. The maximum atomic E-state index is 14.2. The molecule has 1 aromatic rings. The summed E-state index contributed by atoms with van der Waals surface area (Å²) in [5.74, 6) is 0.926. The molecule has 0 amide bonds. The highest BCUT2D eigenvalue weighted by molar-refractivity contribution is 5.79. The summed E-state index contributed by atoms with van der Waals surface area (Å²) < 4.78 is 57.0. The van der Waals surface area contributed by atoms with E-state index in [1.54, 1.807) is 0 Å². The van der Waals surface area contributed by atoms with Crippen LogP contribution >= 0.6 is 0 Å². The molecule has 1 aromatic carbocycles. The molecule has 0 radical (unpaired) electrons. The zero-order chi connectivity index (χ0) is 18.3. The third-order valence-corrected chi connectivity index (χ3v) is 2.55. The number of hydrogen-bond donors (Lipinski definition) is 4. The summed E-state index contributed by atoms with van der Waals surface area (Å²) in [5.41, 5.74) is 18.5. The molecule has 0 aromatic heterocycles. The number of benzene rings is 1. The van der Waals surface area contributed by atoms with Gasteiger partial charge in [-0.25, -0.2) is 17.6 Å². The first-order valence-electron chi connectivity index (χ1n) is 5.91. The zero-order valence-electron chi connectivity index (χ0n) is 11.8. The van der Waals surface area contributed by atoms with E-state index >= 15 is 0 Å². The molecule has 0 aliphatic heterocycles. The van der Waals surface area contributed by atoms with E-state index in [9.17, 15) is 17.6 Å². The molecule has 0 heterocycles. The first-order chi connectivity index (χ1) is 11.4. The average molecular weight is 332 g/mol. The number of nitrogens with two attached hydrogens (primary N) is 4. The van der Waals surface area contributed by atoms with Crippen molar-refractivity contribution in [2.24, 2.45) is 22.9 Å². The molecular weight excluding hydrogens is 324 g/mol. The SMILES string of the molecule is NC#CC(C#CN)=c1c(F)c(F)c(=C(C#CN)C#CN)c(F)c1F. The standard InChI is InChI=1S/C16H8F4N4/c17-13-11(9(1-5-21)2-6-22)14(18)16(20)12(15(13)19)10(3-7-23)4-8-24/h21-24H2. The third kappa shape index (κ3) is 3.30. The fraction of sp³-hybridized carbons (Fsp3) is 0. The highest BCUT2D eigenvalue weighted by Gasteiger charge is 2.21. The van der Waals surface area contributed by atoms with Gasteiger partial charge in [-0.1, -0.05) is 0 Å². The second-order valence-corrected chi connectivity index (χ2v) is 3.83. The zero-order valence-corrected chi connectivity index (χ0v) is 11.8. The monoisotopic (exact) mass is 332 g/mol. The van der Waals surface area contributed by atoms with Crippen LogP contribution in [0.3, 0.4) is 0 Å². The lowest BCUT2D eigenvalue weighted by molar-refractivity contribution is 0.434. The molecule has 0 spiro atoms. The molecule has 0 fully saturated rings. The Morgan fingerprint density at radius 2 is 0.708 bits per heavy atom. The minimum absolute atomic E-state index is 0.643. The molecule has 0 saturated heterocycles. The molecule has 0 atom stereocenters. The van der Waals surface area contributed by atoms with Crippen LogP contribution in [0, 0.1) is 71.1 Å². The highest BCUT2D eigenvalue weighted by atomic mass is 19.2. The lowest BCUT2D eigenvalue weighted by Crippen LogP contribution is -2.31. The van der Waals surface area contributed by atoms with Gasteiger partial charge in [0.1, 0.15) is 0 Å². The first-order valence-corrected chi connectivity index (χ1v) is 5.91. The molecule has 0 aliphatic carbocycles. The maximum Gasteiger partial charge on any atom is 0.171 e. The van der Waals surface area contributed by atoms with Gasteiger partial charge in [0.25, 0.3) is 0 Å². The second kappa shape index (κ2) is 7.94. The summed E-state index contributed by atoms with van der Waals surface area (Å²) in [7, 11) is 0. The summed E-state index contributed by atoms with van der Waals surface area (Å²) in [6.07, 6.45) is 0. The van der Waals surface area contributed by atoms with Gasteiger partial charge in [0.15, 0.2) is 23.3 Å². The van der Waals surface area contributed by atoms with Gasteiger partial charge in [-0.05, 0) is 23.7 Å². The van der Waals surface area contributed by atoms with Crippen molar-refractivity contribution < 1.29 is 17.6 Å². The molecule has 4 nitrogen and oxygen atoms in total. The van der Waals surface area contributed by atoms with Crippen LogP contribution in [0.2, 0.25) is 0 Å². The molecule has 24 heavy (non-hydrogen) atoms. The molecule has 8 N–H and O–H groups in total. The van der Waals surface area contributed by atoms with Crippen molar-refractivity contribution in [2.75, 3.05) is 0 Å². The summed E-state index contributed by atoms with van der Waals surface area (Å²) in [4.78, 5) is 0. The van der Waals surface area contributed by atoms with Gasteiger partial charge in [-0.15, -0.1) is 0 Å². The molecular formula is C16H8F4N4. The Balaban J connectivity index is 4.35. The van der Waals surface area contributed by atoms with Crippen molar-refractivity contribution in [1.82, 2.24) is 0 Å². The van der Waals surface area contributed by atoms with Crippen LogP contribution in [0.1, 0.15) is 0 Å². The normalized spacial score (nSPS) is 8.17. The van der Waals surface area contributed by atoms with E-state index < -0.39 is 44.9 Å². The molecule has 1 rings (SSSR count). The molecule has 0 unspecified atom stereocenters. The fourth-order valence-electron chi connectivity index (χ4n) is 1.67. The average Bonchev–Trinajstić information content (AvgIpc) is 2.54. The maximum absolute atomic E-state index is 14.2. The Morgan fingerprint density at radius 3 is 0.875 bits per heavy atom. The molecule has 0 aliphatic rings. The smallest absolute Gasteiger partial charge is 0.171 e. The van der Waals surface area contributed by atoms with Gasteiger partial charge in [-0.2, -0.15) is 0 Å². The lowest BCUT2D eigenvalue weighted by atomic mass is 10.1. The van der Waals surface area contributed by atoms with Gasteiger partial charge < -0.3 is 22.9 Å². The van der Waals surface area contributed by atoms with Gasteiger partial charge >= 0.3 is 0 Å². The largest absolute Gasteiger partial charge is 0.359 e. The van der Waals surface area contributed by atoms with E-state index in [-0.39, 0.29) is 0 Å². The van der Waals surface area contributed by atoms with Crippen molar-refractivity contribution >= 4 is 11.1 Å². The summed E-state index contributed by atoms with van der Waals surface area (Å²) in [5, 5.41) is -2.32. The van der Waals surface area contributed by atoms with Crippen molar-refractivity contribution in [1.29, 1.82) is 0 Å². The predicted octanol–water partition coefficient (Wildman–Crippen LogP) is -1.78. The Labute approximate surface area is 134 Å². The minimum Gasteiger partial charge on any atom is -0.359 e. The minimum atomic E-state index is -1.78. The van der Waals surface area contributed by atoms with Crippen molar-refractivity contribution in [3.05, 3.63) is 33.7 Å². The summed E-state index contributed by atoms with van der Waals surface area (Å²) in [6, 6.07) is 7.26. The third-order valence-electron chi connectivity index (χ3n) is 2.55. The van der Waals surface area contributed by atoms with Gasteiger partial charge in [0.05, 0.1) is 21.6 Å². The molecule has 8 heteroatoms. The van der Waals surface area contributed by atoms with Crippen LogP contribution in [0.4, 0.5) is 17.6 Å². The Kier molecular flexibility index (Phi) is 6.01. The topological polar surface area (TPSA) is 104 Å². The van der Waals surface area contributed by atoms with E-state index in [0.717, 1.165) is 0 Å². The Hall–Kier alpha value is -3.88. The Bertz CT molecular complexity index is 893. The van der Waals surface area contributed by atoms with E-state index in [1.165, 1.54) is 0 Å². The number of hydrogen-bond acceptors (Lipinski definition) is 4. The van der Waals surface area contributed by atoms with Crippen LogP contribution in [0.5, 0.6) is 0 Å². The van der Waals surface area contributed by atoms with Crippen LogP contribution in [-0.2, 0) is 0 Å². The Morgan fingerprint density at radius 1 is 0.500 bits per heavy atom. The van der Waals surface area contributed by atoms with Gasteiger partial charge in [0.2, 0.25) is 0 Å². The first kappa shape index (κ1) is 18.2. The molecule has 120 valence electrons. The van der Waals surface area contributed by atoms with Crippen LogP contribution in [0.25, 0.3) is 11.1 Å². The van der Waals surface area contributed by atoms with Crippen molar-refractivity contribution in [3.8, 4) is 47.9 Å². The summed E-state index contributed by atoms with van der Waals surface area (Å²) in [6.45, 7) is 0. The quantitative estimate of drug-likeness (QED) is 0.195. The highest BCUT2D eigenvalue weighted by Crippen LogP contribution is 2.06. The summed E-state index contributed by atoms with van der Waals surface area (Å²) >= 11 is 0. The second-order valence-electron chi connectivity index (χ2n) is 3.83. The van der Waals surface area contributed by atoms with Crippen molar-refractivity contribution in [2.45, 2.75) is 0 Å². The molecule has 0 bridgehead atoms. The molecule has 0 saturated carbocycles. The number of rotatable bonds is 0. The van der Waals surface area contributed by atoms with E-state index in [2.05, 4.69) is 0 Å². The van der Waals surface area contributed by atoms with Gasteiger partial charge in [0, 0.05) is 24.2 Å². The predicted molar refractivity (Wildman–Crippen MR) is 80.2 cm³/mol. The van der Waals surface area contributed by atoms with E-state index in [0.29, 0.717) is 0 Å². The van der Waals surface area contributed by atoms with Gasteiger partial charge in [-0.3, -0.25) is 0 Å². The lowest BCUT2D eigenvalue weighted by Gasteiger charge is -2.03. The van der Waals surface area contributed by atoms with Crippen LogP contribution in [0.15, 0.2) is 0 Å². The van der Waals surface area contributed by atoms with Crippen LogP contribution < -0.4 is 33.4 Å².